The lowest BCUT2D eigenvalue weighted by atomic mass is 10.0. The molecule has 0 spiro atoms. The maximum atomic E-state index is 14.7. The Bertz CT molecular complexity index is 1350. The predicted octanol–water partition coefficient (Wildman–Crippen LogP) is 4.52. The number of benzene rings is 3. The number of nitrogens with one attached hydrogen (secondary N) is 1. The van der Waals surface area contributed by atoms with E-state index in [-0.39, 0.29) is 24.2 Å². The van der Waals surface area contributed by atoms with Crippen LogP contribution < -0.4 is 9.62 Å². The summed E-state index contributed by atoms with van der Waals surface area (Å²) in [5.41, 5.74) is 1.31. The van der Waals surface area contributed by atoms with Gasteiger partial charge in [-0.05, 0) is 46.1 Å². The molecular weight excluding hydrogens is 573 g/mol. The molecule has 0 heterocycles. The van der Waals surface area contributed by atoms with Crippen molar-refractivity contribution in [2.24, 2.45) is 0 Å². The highest BCUT2D eigenvalue weighted by Gasteiger charge is 2.33. The number of nitrogens with zero attached hydrogens (tertiary/aromatic N) is 2. The molecule has 0 aromatic heterocycles. The molecule has 0 aliphatic carbocycles. The molecule has 2 amide bonds. The van der Waals surface area contributed by atoms with Crippen LogP contribution in [0.3, 0.4) is 0 Å². The molecule has 3 rings (SSSR count). The van der Waals surface area contributed by atoms with Crippen molar-refractivity contribution in [1.29, 1.82) is 0 Å². The maximum Gasteiger partial charge on any atom is 0.244 e. The van der Waals surface area contributed by atoms with Crippen molar-refractivity contribution in [3.05, 3.63) is 100 Å². The van der Waals surface area contributed by atoms with Crippen LogP contribution >= 0.6 is 15.9 Å². The number of rotatable bonds is 12. The number of hydrogen-bond acceptors (Lipinski definition) is 4. The van der Waals surface area contributed by atoms with E-state index in [0.717, 1.165) is 16.1 Å². The topological polar surface area (TPSA) is 86.8 Å². The highest BCUT2D eigenvalue weighted by Crippen LogP contribution is 2.28. The van der Waals surface area contributed by atoms with Crippen molar-refractivity contribution in [3.8, 4) is 0 Å². The van der Waals surface area contributed by atoms with Gasteiger partial charge in [0, 0.05) is 29.5 Å². The summed E-state index contributed by atoms with van der Waals surface area (Å²) in [4.78, 5) is 28.6. The van der Waals surface area contributed by atoms with Crippen LogP contribution in [0.2, 0.25) is 0 Å². The third-order valence-corrected chi connectivity index (χ3v) is 7.72. The lowest BCUT2D eigenvalue weighted by Gasteiger charge is -2.33. The van der Waals surface area contributed by atoms with Crippen molar-refractivity contribution < 1.29 is 22.4 Å². The molecule has 0 aliphatic heterocycles. The van der Waals surface area contributed by atoms with Crippen LogP contribution in [0.5, 0.6) is 0 Å². The van der Waals surface area contributed by atoms with Gasteiger partial charge < -0.3 is 10.2 Å². The number of carbonyl (C=O) groups excluding carboxylic acids is 2. The summed E-state index contributed by atoms with van der Waals surface area (Å²) < 4.78 is 41.8. The number of anilines is 1. The molecule has 10 heteroatoms. The summed E-state index contributed by atoms with van der Waals surface area (Å²) in [6.07, 6.45) is 1.87. The van der Waals surface area contributed by atoms with Crippen molar-refractivity contribution in [1.82, 2.24) is 10.2 Å². The molecule has 0 saturated heterocycles. The first kappa shape index (κ1) is 29.3. The van der Waals surface area contributed by atoms with Gasteiger partial charge in [0.2, 0.25) is 21.8 Å². The molecule has 1 unspecified atom stereocenters. The normalized spacial score (nSPS) is 12.0. The number of sulfonamides is 1. The summed E-state index contributed by atoms with van der Waals surface area (Å²) in [7, 11) is -3.89. The summed E-state index contributed by atoms with van der Waals surface area (Å²) in [5.74, 6) is -1.56. The van der Waals surface area contributed by atoms with E-state index in [9.17, 15) is 22.4 Å². The molecule has 7 nitrogen and oxygen atoms in total. The van der Waals surface area contributed by atoms with Gasteiger partial charge in [-0.25, -0.2) is 12.8 Å². The van der Waals surface area contributed by atoms with E-state index < -0.39 is 40.2 Å². The number of para-hydroxylation sites is 1. The maximum absolute atomic E-state index is 14.7. The molecule has 0 aliphatic rings. The van der Waals surface area contributed by atoms with E-state index in [1.54, 1.807) is 42.5 Å². The number of amides is 2. The molecule has 0 saturated carbocycles. The second-order valence-electron chi connectivity index (χ2n) is 8.83. The van der Waals surface area contributed by atoms with Gasteiger partial charge in [0.25, 0.3) is 0 Å². The van der Waals surface area contributed by atoms with Gasteiger partial charge in [0.05, 0.1) is 11.9 Å². The molecule has 0 radical (unpaired) electrons. The predicted molar refractivity (Wildman–Crippen MR) is 151 cm³/mol. The monoisotopic (exact) mass is 603 g/mol. The Morgan fingerprint density at radius 2 is 1.61 bits per heavy atom. The van der Waals surface area contributed by atoms with Gasteiger partial charge in [-0.3, -0.25) is 13.9 Å². The lowest BCUT2D eigenvalue weighted by molar-refractivity contribution is -0.140. The van der Waals surface area contributed by atoms with Crippen molar-refractivity contribution >= 4 is 43.5 Å². The van der Waals surface area contributed by atoms with Crippen LogP contribution in [-0.2, 0) is 32.6 Å². The quantitative estimate of drug-likeness (QED) is 0.330. The second-order valence-corrected chi connectivity index (χ2v) is 11.6. The van der Waals surface area contributed by atoms with E-state index in [1.165, 1.54) is 11.0 Å². The zero-order valence-electron chi connectivity index (χ0n) is 21.3. The molecule has 38 heavy (non-hydrogen) atoms. The summed E-state index contributed by atoms with van der Waals surface area (Å²) in [6, 6.07) is 20.8. The molecule has 0 bridgehead atoms. The third kappa shape index (κ3) is 7.88. The molecular formula is C28H31BrFN3O4S. The molecule has 3 aromatic carbocycles. The fourth-order valence-corrected chi connectivity index (χ4v) is 5.46. The van der Waals surface area contributed by atoms with Crippen LogP contribution in [0.15, 0.2) is 83.3 Å². The molecule has 1 N–H and O–H groups in total. The van der Waals surface area contributed by atoms with E-state index >= 15 is 0 Å². The molecule has 202 valence electrons. The zero-order chi connectivity index (χ0) is 27.7. The Labute approximate surface area is 231 Å². The first-order valence-corrected chi connectivity index (χ1v) is 14.8. The minimum absolute atomic E-state index is 0.171. The Balaban J connectivity index is 2.06. The van der Waals surface area contributed by atoms with Gasteiger partial charge in [-0.1, -0.05) is 67.6 Å². The standard InChI is InChI=1S/C28H31BrFN3O4S/c1-3-17-31-28(35)26(18-21-11-5-4-6-12-21)32(19-22-13-7-9-15-24(22)30)27(34)20-33(38(2,36)37)25-16-10-8-14-23(25)29/h4-16,26H,3,17-20H2,1-2H3,(H,31,35). The first-order chi connectivity index (χ1) is 18.1. The van der Waals surface area contributed by atoms with Crippen LogP contribution in [-0.4, -0.2) is 50.5 Å². The first-order valence-electron chi connectivity index (χ1n) is 12.2. The molecule has 1 atom stereocenters. The average molecular weight is 605 g/mol. The summed E-state index contributed by atoms with van der Waals surface area (Å²) in [6.45, 7) is 1.53. The van der Waals surface area contributed by atoms with Gasteiger partial charge in [0.1, 0.15) is 18.4 Å². The van der Waals surface area contributed by atoms with E-state index in [2.05, 4.69) is 21.2 Å². The largest absolute Gasteiger partial charge is 0.354 e. The number of carbonyl (C=O) groups is 2. The highest BCUT2D eigenvalue weighted by atomic mass is 79.9. The SMILES string of the molecule is CCCNC(=O)C(Cc1ccccc1)N(Cc1ccccc1F)C(=O)CN(c1ccccc1Br)S(C)(=O)=O. The minimum Gasteiger partial charge on any atom is -0.354 e. The molecule has 0 fully saturated rings. The fraction of sp³-hybridized carbons (Fsp3) is 0.286. The van der Waals surface area contributed by atoms with E-state index in [1.807, 2.05) is 37.3 Å². The van der Waals surface area contributed by atoms with Gasteiger partial charge in [0.15, 0.2) is 0 Å². The summed E-state index contributed by atoms with van der Waals surface area (Å²) >= 11 is 3.36. The zero-order valence-corrected chi connectivity index (χ0v) is 23.7. The van der Waals surface area contributed by atoms with Crippen molar-refractivity contribution in [2.45, 2.75) is 32.4 Å². The molecule has 3 aromatic rings. The lowest BCUT2D eigenvalue weighted by Crippen LogP contribution is -2.53. The number of halogens is 2. The minimum atomic E-state index is -3.89. The van der Waals surface area contributed by atoms with E-state index in [4.69, 9.17) is 0 Å². The highest BCUT2D eigenvalue weighted by molar-refractivity contribution is 9.10. The van der Waals surface area contributed by atoms with Gasteiger partial charge in [-0.15, -0.1) is 0 Å². The Morgan fingerprint density at radius 1 is 0.974 bits per heavy atom. The van der Waals surface area contributed by atoms with Gasteiger partial charge in [-0.2, -0.15) is 0 Å². The van der Waals surface area contributed by atoms with Crippen LogP contribution in [0.1, 0.15) is 24.5 Å². The third-order valence-electron chi connectivity index (χ3n) is 5.92. The Hall–Kier alpha value is -3.24. The van der Waals surface area contributed by atoms with Crippen LogP contribution in [0.25, 0.3) is 0 Å². The second kappa shape index (κ2) is 13.5. The summed E-state index contributed by atoms with van der Waals surface area (Å²) in [5, 5.41) is 2.85. The fourth-order valence-electron chi connectivity index (χ4n) is 3.98. The van der Waals surface area contributed by atoms with Crippen molar-refractivity contribution in [2.75, 3.05) is 23.7 Å². The van der Waals surface area contributed by atoms with Crippen LogP contribution in [0, 0.1) is 5.82 Å². The van der Waals surface area contributed by atoms with E-state index in [0.29, 0.717) is 17.4 Å². The Morgan fingerprint density at radius 3 is 2.24 bits per heavy atom. The Kier molecular flexibility index (Phi) is 10.4. The number of hydrogen-bond donors (Lipinski definition) is 1. The van der Waals surface area contributed by atoms with Crippen molar-refractivity contribution in [3.63, 3.8) is 0 Å². The average Bonchev–Trinajstić information content (AvgIpc) is 2.89. The smallest absolute Gasteiger partial charge is 0.244 e. The van der Waals surface area contributed by atoms with Gasteiger partial charge >= 0.3 is 0 Å². The van der Waals surface area contributed by atoms with Crippen LogP contribution in [0.4, 0.5) is 10.1 Å².